The van der Waals surface area contributed by atoms with Gasteiger partial charge in [-0.25, -0.2) is 8.78 Å². The van der Waals surface area contributed by atoms with Crippen LogP contribution in [0.2, 0.25) is 0 Å². The molecule has 0 spiro atoms. The molecule has 156 valence electrons. The minimum absolute atomic E-state index is 0.0884. The van der Waals surface area contributed by atoms with Crippen LogP contribution in [0.3, 0.4) is 0 Å². The molecule has 0 aliphatic carbocycles. The molecule has 1 N–H and O–H groups in total. The van der Waals surface area contributed by atoms with E-state index >= 15 is 0 Å². The van der Waals surface area contributed by atoms with Gasteiger partial charge in [0.1, 0.15) is 23.0 Å². The second-order valence-corrected chi connectivity index (χ2v) is 7.24. The average Bonchev–Trinajstić information content (AvgIpc) is 3.27. The highest BCUT2D eigenvalue weighted by Gasteiger charge is 2.30. The average molecular weight is 413 g/mol. The topological polar surface area (TPSA) is 84.2 Å². The van der Waals surface area contributed by atoms with Crippen LogP contribution in [0.1, 0.15) is 31.6 Å². The Hall–Kier alpha value is -3.20. The number of halogens is 2. The van der Waals surface area contributed by atoms with Crippen molar-refractivity contribution in [3.63, 3.8) is 0 Å². The molecule has 1 amide bonds. The Bertz CT molecular complexity index is 999. The quantitative estimate of drug-likeness (QED) is 0.688. The number of nitrogens with zero attached hydrogens (tertiary/aromatic N) is 4. The minimum atomic E-state index is -0.797. The molecule has 3 heterocycles. The third kappa shape index (κ3) is 4.20. The maximum absolute atomic E-state index is 13.8. The Balaban J connectivity index is 1.35. The molecular formula is C21H21F2N5O2. The molecule has 1 aliphatic rings. The Morgan fingerprint density at radius 3 is 2.57 bits per heavy atom. The van der Waals surface area contributed by atoms with Gasteiger partial charge in [0.05, 0.1) is 6.04 Å². The van der Waals surface area contributed by atoms with E-state index in [0.29, 0.717) is 30.5 Å². The van der Waals surface area contributed by atoms with E-state index < -0.39 is 29.3 Å². The molecule has 30 heavy (non-hydrogen) atoms. The number of aromatic nitrogens is 3. The van der Waals surface area contributed by atoms with Gasteiger partial charge in [-0.2, -0.15) is 4.98 Å². The van der Waals surface area contributed by atoms with Crippen molar-refractivity contribution in [3.8, 4) is 11.5 Å². The van der Waals surface area contributed by atoms with Gasteiger partial charge in [-0.1, -0.05) is 17.3 Å². The number of hydrogen-bond donors (Lipinski definition) is 1. The summed E-state index contributed by atoms with van der Waals surface area (Å²) in [5.41, 5.74) is 0.229. The Morgan fingerprint density at radius 1 is 1.17 bits per heavy atom. The van der Waals surface area contributed by atoms with Gasteiger partial charge < -0.3 is 9.84 Å². The van der Waals surface area contributed by atoms with Crippen LogP contribution >= 0.6 is 0 Å². The van der Waals surface area contributed by atoms with E-state index in [9.17, 15) is 13.6 Å². The molecule has 1 fully saturated rings. The molecule has 9 heteroatoms. The highest BCUT2D eigenvalue weighted by atomic mass is 19.1. The maximum Gasteiger partial charge on any atom is 0.241 e. The van der Waals surface area contributed by atoms with Crippen molar-refractivity contribution in [2.45, 2.75) is 31.7 Å². The second-order valence-electron chi connectivity index (χ2n) is 7.24. The van der Waals surface area contributed by atoms with Gasteiger partial charge in [0.2, 0.25) is 17.6 Å². The number of amides is 1. The number of piperidine rings is 1. The molecule has 1 unspecified atom stereocenters. The number of nitrogens with one attached hydrogen (secondary N) is 1. The van der Waals surface area contributed by atoms with Crippen molar-refractivity contribution in [2.75, 3.05) is 18.4 Å². The van der Waals surface area contributed by atoms with E-state index in [-0.39, 0.29) is 5.92 Å². The number of benzene rings is 1. The first-order valence-corrected chi connectivity index (χ1v) is 9.77. The summed E-state index contributed by atoms with van der Waals surface area (Å²) in [6.45, 7) is 2.97. The van der Waals surface area contributed by atoms with Crippen LogP contribution in [0.25, 0.3) is 11.5 Å². The lowest BCUT2D eigenvalue weighted by Crippen LogP contribution is -2.46. The Labute approximate surface area is 172 Å². The second kappa shape index (κ2) is 8.66. The first-order valence-electron chi connectivity index (χ1n) is 9.77. The summed E-state index contributed by atoms with van der Waals surface area (Å²) in [4.78, 5) is 23.1. The Kier molecular flexibility index (Phi) is 5.80. The molecular weight excluding hydrogens is 392 g/mol. The van der Waals surface area contributed by atoms with Crippen LogP contribution in [-0.4, -0.2) is 45.1 Å². The van der Waals surface area contributed by atoms with Crippen LogP contribution in [0.4, 0.5) is 14.5 Å². The first-order chi connectivity index (χ1) is 14.5. The lowest BCUT2D eigenvalue weighted by Gasteiger charge is -2.34. The fraction of sp³-hybridized carbons (Fsp3) is 0.333. The zero-order chi connectivity index (χ0) is 21.1. The fourth-order valence-electron chi connectivity index (χ4n) is 3.54. The third-order valence-electron chi connectivity index (χ3n) is 5.35. The highest BCUT2D eigenvalue weighted by Crippen LogP contribution is 2.29. The lowest BCUT2D eigenvalue weighted by atomic mass is 9.95. The molecule has 7 nitrogen and oxygen atoms in total. The van der Waals surface area contributed by atoms with E-state index in [1.807, 2.05) is 23.1 Å². The number of carbonyl (C=O) groups excluding carboxylic acids is 1. The van der Waals surface area contributed by atoms with Gasteiger partial charge in [0.25, 0.3) is 0 Å². The predicted molar refractivity (Wildman–Crippen MR) is 106 cm³/mol. The minimum Gasteiger partial charge on any atom is -0.339 e. The summed E-state index contributed by atoms with van der Waals surface area (Å²) < 4.78 is 33.0. The van der Waals surface area contributed by atoms with Gasteiger partial charge in [-0.05, 0) is 57.1 Å². The number of rotatable bonds is 5. The molecule has 1 atom stereocenters. The zero-order valence-electron chi connectivity index (χ0n) is 16.4. The molecule has 2 aromatic heterocycles. The summed E-state index contributed by atoms with van der Waals surface area (Å²) in [6, 6.07) is 8.43. The predicted octanol–water partition coefficient (Wildman–Crippen LogP) is 3.62. The molecule has 1 saturated heterocycles. The number of hydrogen-bond acceptors (Lipinski definition) is 6. The van der Waals surface area contributed by atoms with Crippen molar-refractivity contribution in [2.24, 2.45) is 0 Å². The normalized spacial score (nSPS) is 16.4. The number of anilines is 1. The van der Waals surface area contributed by atoms with Crippen molar-refractivity contribution in [3.05, 3.63) is 60.1 Å². The van der Waals surface area contributed by atoms with E-state index in [1.165, 1.54) is 6.07 Å². The lowest BCUT2D eigenvalue weighted by molar-refractivity contribution is -0.121. The van der Waals surface area contributed by atoms with Crippen LogP contribution in [0.15, 0.2) is 47.1 Å². The van der Waals surface area contributed by atoms with E-state index in [4.69, 9.17) is 4.52 Å². The van der Waals surface area contributed by atoms with Gasteiger partial charge >= 0.3 is 0 Å². The van der Waals surface area contributed by atoms with Crippen LogP contribution < -0.4 is 5.32 Å². The van der Waals surface area contributed by atoms with Crippen LogP contribution in [0, 0.1) is 11.6 Å². The van der Waals surface area contributed by atoms with Crippen molar-refractivity contribution < 1.29 is 18.1 Å². The molecule has 0 bridgehead atoms. The number of carbonyl (C=O) groups is 1. The summed E-state index contributed by atoms with van der Waals surface area (Å²) in [7, 11) is 0. The van der Waals surface area contributed by atoms with Crippen molar-refractivity contribution >= 4 is 11.6 Å². The Morgan fingerprint density at radius 2 is 1.90 bits per heavy atom. The van der Waals surface area contributed by atoms with Gasteiger partial charge in [-0.3, -0.25) is 14.7 Å². The van der Waals surface area contributed by atoms with Crippen molar-refractivity contribution in [1.82, 2.24) is 20.0 Å². The van der Waals surface area contributed by atoms with Gasteiger partial charge in [0.15, 0.2) is 0 Å². The van der Waals surface area contributed by atoms with Crippen molar-refractivity contribution in [1.29, 1.82) is 0 Å². The number of para-hydroxylation sites is 1. The summed E-state index contributed by atoms with van der Waals surface area (Å²) in [6.07, 6.45) is 3.13. The molecule has 1 aliphatic heterocycles. The van der Waals surface area contributed by atoms with Gasteiger partial charge in [-0.15, -0.1) is 0 Å². The van der Waals surface area contributed by atoms with Crippen LogP contribution in [-0.2, 0) is 4.79 Å². The smallest absolute Gasteiger partial charge is 0.241 e. The molecule has 1 aromatic carbocycles. The van der Waals surface area contributed by atoms with E-state index in [1.54, 1.807) is 13.1 Å². The van der Waals surface area contributed by atoms with Gasteiger partial charge in [0, 0.05) is 12.1 Å². The zero-order valence-corrected chi connectivity index (χ0v) is 16.4. The highest BCUT2D eigenvalue weighted by molar-refractivity contribution is 5.94. The first kappa shape index (κ1) is 20.1. The fourth-order valence-corrected chi connectivity index (χ4v) is 3.54. The molecule has 0 saturated carbocycles. The summed E-state index contributed by atoms with van der Waals surface area (Å²) in [5.74, 6) is -0.949. The standard InChI is InChI=1S/C21H21F2N5O2/c1-13(20(29)25-18-15(22)5-4-6-16(18)23)28-11-8-14(9-12-28)21-26-19(27-30-21)17-7-2-3-10-24-17/h2-7,10,13-14H,8-9,11-12H2,1H3,(H,25,29). The number of likely N-dealkylation sites (tertiary alicyclic amines) is 1. The SMILES string of the molecule is CC(C(=O)Nc1c(F)cccc1F)N1CCC(c2nc(-c3ccccn3)no2)CC1. The van der Waals surface area contributed by atoms with E-state index in [2.05, 4.69) is 20.4 Å². The molecule has 3 aromatic rings. The molecule has 4 rings (SSSR count). The third-order valence-corrected chi connectivity index (χ3v) is 5.35. The monoisotopic (exact) mass is 413 g/mol. The maximum atomic E-state index is 13.8. The molecule has 0 radical (unpaired) electrons. The summed E-state index contributed by atoms with van der Waals surface area (Å²) in [5, 5.41) is 6.37. The van der Waals surface area contributed by atoms with E-state index in [0.717, 1.165) is 25.0 Å². The summed E-state index contributed by atoms with van der Waals surface area (Å²) >= 11 is 0. The largest absolute Gasteiger partial charge is 0.339 e. The number of pyridine rings is 1. The van der Waals surface area contributed by atoms with Crippen LogP contribution in [0.5, 0.6) is 0 Å².